The van der Waals surface area contributed by atoms with E-state index in [2.05, 4.69) is 26.1 Å². The Morgan fingerprint density at radius 3 is 2.53 bits per heavy atom. The van der Waals surface area contributed by atoms with Crippen LogP contribution in [0.1, 0.15) is 45.6 Å². The normalized spacial score (nSPS) is 12.5. The molecule has 0 aliphatic rings. The third kappa shape index (κ3) is 5.28. The van der Waals surface area contributed by atoms with Crippen LogP contribution in [-0.4, -0.2) is 11.0 Å². The van der Waals surface area contributed by atoms with E-state index >= 15 is 0 Å². The number of nitrogens with one attached hydrogen (secondary N) is 1. The first kappa shape index (κ1) is 15.5. The van der Waals surface area contributed by atoms with Crippen LogP contribution in [-0.2, 0) is 0 Å². The van der Waals surface area contributed by atoms with Gasteiger partial charge in [0.25, 0.3) is 5.69 Å². The van der Waals surface area contributed by atoms with Crippen molar-refractivity contribution in [2.24, 2.45) is 5.92 Å². The largest absolute Gasteiger partial charge is 0.377 e. The number of hydrogen-bond donors (Lipinski definition) is 1. The SMILES string of the molecule is Cc1ccc([N+](=O)[O-])c(NC(C)CCCC(C)C)c1. The smallest absolute Gasteiger partial charge is 0.292 e. The molecule has 0 aliphatic carbocycles. The van der Waals surface area contributed by atoms with Crippen LogP contribution in [0.2, 0.25) is 0 Å². The first-order chi connectivity index (χ1) is 8.90. The summed E-state index contributed by atoms with van der Waals surface area (Å²) in [5.74, 6) is 0.709. The van der Waals surface area contributed by atoms with Gasteiger partial charge >= 0.3 is 0 Å². The van der Waals surface area contributed by atoms with Crippen molar-refractivity contribution in [2.75, 3.05) is 5.32 Å². The minimum Gasteiger partial charge on any atom is -0.377 e. The number of nitro groups is 1. The molecule has 0 amide bonds. The highest BCUT2D eigenvalue weighted by Gasteiger charge is 2.15. The van der Waals surface area contributed by atoms with Gasteiger partial charge in [0.05, 0.1) is 4.92 Å². The topological polar surface area (TPSA) is 55.2 Å². The lowest BCUT2D eigenvalue weighted by molar-refractivity contribution is -0.384. The minimum absolute atomic E-state index is 0.154. The maximum atomic E-state index is 11.0. The van der Waals surface area contributed by atoms with Crippen LogP contribution < -0.4 is 5.32 Å². The number of benzene rings is 1. The van der Waals surface area contributed by atoms with Crippen molar-refractivity contribution >= 4 is 11.4 Å². The number of anilines is 1. The van der Waals surface area contributed by atoms with E-state index in [9.17, 15) is 10.1 Å². The molecule has 0 aliphatic heterocycles. The highest BCUT2D eigenvalue weighted by atomic mass is 16.6. The van der Waals surface area contributed by atoms with Gasteiger partial charge in [0, 0.05) is 12.1 Å². The maximum Gasteiger partial charge on any atom is 0.292 e. The molecule has 0 heterocycles. The maximum absolute atomic E-state index is 11.0. The Balaban J connectivity index is 2.65. The Morgan fingerprint density at radius 2 is 1.95 bits per heavy atom. The van der Waals surface area contributed by atoms with E-state index in [4.69, 9.17) is 0 Å². The molecule has 4 heteroatoms. The van der Waals surface area contributed by atoms with E-state index in [-0.39, 0.29) is 16.7 Å². The zero-order valence-corrected chi connectivity index (χ0v) is 12.3. The summed E-state index contributed by atoms with van der Waals surface area (Å²) in [6.45, 7) is 8.44. The second kappa shape index (κ2) is 7.12. The molecule has 0 fully saturated rings. The fraction of sp³-hybridized carbons (Fsp3) is 0.600. The van der Waals surface area contributed by atoms with E-state index in [1.807, 2.05) is 13.0 Å². The van der Waals surface area contributed by atoms with Crippen molar-refractivity contribution in [3.05, 3.63) is 33.9 Å². The molecule has 1 aromatic carbocycles. The van der Waals surface area contributed by atoms with Crippen LogP contribution in [0, 0.1) is 23.0 Å². The van der Waals surface area contributed by atoms with E-state index in [0.29, 0.717) is 11.6 Å². The molecule has 0 spiro atoms. The van der Waals surface area contributed by atoms with Crippen LogP contribution in [0.3, 0.4) is 0 Å². The average Bonchev–Trinajstić information content (AvgIpc) is 2.27. The Hall–Kier alpha value is -1.58. The highest BCUT2D eigenvalue weighted by Crippen LogP contribution is 2.26. The van der Waals surface area contributed by atoms with Crippen LogP contribution >= 0.6 is 0 Å². The van der Waals surface area contributed by atoms with Gasteiger partial charge in [0.1, 0.15) is 5.69 Å². The Morgan fingerprint density at radius 1 is 1.26 bits per heavy atom. The summed E-state index contributed by atoms with van der Waals surface area (Å²) in [5.41, 5.74) is 1.81. The molecule has 19 heavy (non-hydrogen) atoms. The van der Waals surface area contributed by atoms with Crippen LogP contribution in [0.5, 0.6) is 0 Å². The van der Waals surface area contributed by atoms with Gasteiger partial charge in [0.2, 0.25) is 0 Å². The number of nitro benzene ring substituents is 1. The van der Waals surface area contributed by atoms with Gasteiger partial charge in [0.15, 0.2) is 0 Å². The molecule has 0 aromatic heterocycles. The lowest BCUT2D eigenvalue weighted by Crippen LogP contribution is -2.16. The van der Waals surface area contributed by atoms with E-state index in [0.717, 1.165) is 18.4 Å². The molecule has 1 aromatic rings. The molecule has 0 saturated carbocycles. The van der Waals surface area contributed by atoms with Gasteiger partial charge in [-0.1, -0.05) is 32.8 Å². The summed E-state index contributed by atoms with van der Waals surface area (Å²) in [7, 11) is 0. The lowest BCUT2D eigenvalue weighted by atomic mass is 10.0. The molecule has 106 valence electrons. The molecule has 4 nitrogen and oxygen atoms in total. The summed E-state index contributed by atoms with van der Waals surface area (Å²) >= 11 is 0. The highest BCUT2D eigenvalue weighted by molar-refractivity contribution is 5.63. The minimum atomic E-state index is -0.331. The fourth-order valence-corrected chi connectivity index (χ4v) is 2.09. The van der Waals surface area contributed by atoms with Gasteiger partial charge in [-0.3, -0.25) is 10.1 Å². The van der Waals surface area contributed by atoms with Gasteiger partial charge < -0.3 is 5.32 Å². The van der Waals surface area contributed by atoms with Gasteiger partial charge in [-0.15, -0.1) is 0 Å². The molecular weight excluding hydrogens is 240 g/mol. The zero-order chi connectivity index (χ0) is 14.4. The van der Waals surface area contributed by atoms with Crippen LogP contribution in [0.15, 0.2) is 18.2 Å². The van der Waals surface area contributed by atoms with Crippen molar-refractivity contribution in [3.8, 4) is 0 Å². The monoisotopic (exact) mass is 264 g/mol. The molecule has 1 atom stereocenters. The average molecular weight is 264 g/mol. The van der Waals surface area contributed by atoms with E-state index < -0.39 is 0 Å². The van der Waals surface area contributed by atoms with E-state index in [1.54, 1.807) is 12.1 Å². The first-order valence-corrected chi connectivity index (χ1v) is 6.91. The number of nitrogens with zero attached hydrogens (tertiary/aromatic N) is 1. The number of aryl methyl sites for hydroxylation is 1. The van der Waals surface area contributed by atoms with Crippen LogP contribution in [0.25, 0.3) is 0 Å². The molecule has 1 N–H and O–H groups in total. The second-order valence-corrected chi connectivity index (χ2v) is 5.65. The predicted molar refractivity (Wildman–Crippen MR) is 79.6 cm³/mol. The molecule has 0 radical (unpaired) electrons. The van der Waals surface area contributed by atoms with Crippen molar-refractivity contribution < 1.29 is 4.92 Å². The number of hydrogen-bond acceptors (Lipinski definition) is 3. The standard InChI is InChI=1S/C15H24N2O2/c1-11(2)6-5-7-13(4)16-14-10-12(3)8-9-15(14)17(18)19/h8-11,13,16H,5-7H2,1-4H3. The Kier molecular flexibility index (Phi) is 5.80. The summed E-state index contributed by atoms with van der Waals surface area (Å²) < 4.78 is 0. The number of rotatable bonds is 7. The third-order valence-corrected chi connectivity index (χ3v) is 3.17. The summed E-state index contributed by atoms with van der Waals surface area (Å²) in [6.07, 6.45) is 3.37. The molecule has 1 unspecified atom stereocenters. The molecule has 0 bridgehead atoms. The van der Waals surface area contributed by atoms with Crippen molar-refractivity contribution in [1.29, 1.82) is 0 Å². The molecule has 0 saturated heterocycles. The second-order valence-electron chi connectivity index (χ2n) is 5.65. The zero-order valence-electron chi connectivity index (χ0n) is 12.3. The van der Waals surface area contributed by atoms with Gasteiger partial charge in [-0.05, 0) is 37.8 Å². The van der Waals surface area contributed by atoms with Gasteiger partial charge in [-0.25, -0.2) is 0 Å². The van der Waals surface area contributed by atoms with Crippen molar-refractivity contribution in [2.45, 2.75) is 53.0 Å². The van der Waals surface area contributed by atoms with Crippen LogP contribution in [0.4, 0.5) is 11.4 Å². The third-order valence-electron chi connectivity index (χ3n) is 3.17. The Labute approximate surface area is 115 Å². The Bertz CT molecular complexity index is 430. The summed E-state index contributed by atoms with van der Waals surface area (Å²) in [5, 5.41) is 14.2. The molecular formula is C15H24N2O2. The predicted octanol–water partition coefficient (Wildman–Crippen LogP) is 4.53. The first-order valence-electron chi connectivity index (χ1n) is 6.91. The molecule has 1 rings (SSSR count). The van der Waals surface area contributed by atoms with Gasteiger partial charge in [-0.2, -0.15) is 0 Å². The lowest BCUT2D eigenvalue weighted by Gasteiger charge is -2.16. The summed E-state index contributed by atoms with van der Waals surface area (Å²) in [4.78, 5) is 10.7. The fourth-order valence-electron chi connectivity index (χ4n) is 2.09. The van der Waals surface area contributed by atoms with E-state index in [1.165, 1.54) is 6.42 Å². The quantitative estimate of drug-likeness (QED) is 0.581. The van der Waals surface area contributed by atoms with Crippen molar-refractivity contribution in [3.63, 3.8) is 0 Å². The van der Waals surface area contributed by atoms with Crippen molar-refractivity contribution in [1.82, 2.24) is 0 Å². The summed E-state index contributed by atoms with van der Waals surface area (Å²) in [6, 6.07) is 5.43.